The van der Waals surface area contributed by atoms with Crippen LogP contribution in [0.15, 0.2) is 11.7 Å². The number of thiophene rings is 1. The highest BCUT2D eigenvalue weighted by Gasteiger charge is 2.27. The number of hydrogen-bond acceptors (Lipinski definition) is 6. The van der Waals surface area contributed by atoms with Gasteiger partial charge in [0, 0.05) is 26.2 Å². The second kappa shape index (κ2) is 5.96. The van der Waals surface area contributed by atoms with Crippen molar-refractivity contribution in [3.8, 4) is 0 Å². The topological polar surface area (TPSA) is 58.6 Å². The second-order valence-corrected chi connectivity index (χ2v) is 7.61. The van der Waals surface area contributed by atoms with Gasteiger partial charge in [-0.1, -0.05) is 0 Å². The highest BCUT2D eigenvalue weighted by atomic mass is 32.1. The summed E-state index contributed by atoms with van der Waals surface area (Å²) in [6.45, 7) is 10.5. The molecule has 7 heteroatoms. The molecule has 0 spiro atoms. The Balaban J connectivity index is 1.71. The average molecular weight is 334 g/mol. The predicted octanol–water partition coefficient (Wildman–Crippen LogP) is 3.06. The van der Waals surface area contributed by atoms with Crippen LogP contribution in [0.25, 0.3) is 10.2 Å². The van der Waals surface area contributed by atoms with Crippen LogP contribution in [0.1, 0.15) is 26.3 Å². The molecule has 0 aliphatic carbocycles. The first-order valence-corrected chi connectivity index (χ1v) is 8.65. The van der Waals surface area contributed by atoms with E-state index in [0.717, 1.165) is 29.1 Å². The first kappa shape index (κ1) is 16.0. The number of carbonyl (C=O) groups excluding carboxylic acids is 1. The van der Waals surface area contributed by atoms with E-state index in [-0.39, 0.29) is 6.09 Å². The molecule has 1 amide bonds. The minimum Gasteiger partial charge on any atom is -0.444 e. The van der Waals surface area contributed by atoms with Crippen molar-refractivity contribution in [1.29, 1.82) is 0 Å². The lowest BCUT2D eigenvalue weighted by Crippen LogP contribution is -2.50. The SMILES string of the molecule is Cc1csc2ncnc(N3CCN(C(=O)OC(C)(C)C)CC3)c12. The molecule has 1 aliphatic heterocycles. The summed E-state index contributed by atoms with van der Waals surface area (Å²) in [6.07, 6.45) is 1.38. The van der Waals surface area contributed by atoms with Crippen molar-refractivity contribution in [2.45, 2.75) is 33.3 Å². The van der Waals surface area contributed by atoms with E-state index in [0.29, 0.717) is 13.1 Å². The Morgan fingerprint density at radius 2 is 1.91 bits per heavy atom. The molecule has 0 atom stereocenters. The summed E-state index contributed by atoms with van der Waals surface area (Å²) < 4.78 is 5.44. The third kappa shape index (κ3) is 3.39. The number of rotatable bonds is 1. The Morgan fingerprint density at radius 3 is 2.57 bits per heavy atom. The number of piperazine rings is 1. The quantitative estimate of drug-likeness (QED) is 0.802. The van der Waals surface area contributed by atoms with E-state index in [1.807, 2.05) is 20.8 Å². The average Bonchev–Trinajstić information content (AvgIpc) is 2.87. The summed E-state index contributed by atoms with van der Waals surface area (Å²) >= 11 is 1.64. The van der Waals surface area contributed by atoms with Gasteiger partial charge in [-0.25, -0.2) is 14.8 Å². The summed E-state index contributed by atoms with van der Waals surface area (Å²) in [5.74, 6) is 0.970. The van der Waals surface area contributed by atoms with Gasteiger partial charge in [0.2, 0.25) is 0 Å². The molecule has 1 aliphatic rings. The zero-order valence-electron chi connectivity index (χ0n) is 14.0. The van der Waals surface area contributed by atoms with Crippen LogP contribution < -0.4 is 4.90 Å². The normalized spacial score (nSPS) is 16.0. The monoisotopic (exact) mass is 334 g/mol. The van der Waals surface area contributed by atoms with Crippen LogP contribution >= 0.6 is 11.3 Å². The van der Waals surface area contributed by atoms with Crippen LogP contribution in [0.4, 0.5) is 10.6 Å². The fourth-order valence-corrected chi connectivity index (χ4v) is 3.55. The maximum atomic E-state index is 12.1. The van der Waals surface area contributed by atoms with Gasteiger partial charge in [0.15, 0.2) is 0 Å². The number of nitrogens with zero attached hydrogens (tertiary/aromatic N) is 4. The maximum absolute atomic E-state index is 12.1. The number of aromatic nitrogens is 2. The van der Waals surface area contributed by atoms with E-state index >= 15 is 0 Å². The minimum atomic E-state index is -0.458. The molecule has 1 saturated heterocycles. The van der Waals surface area contributed by atoms with Crippen molar-refractivity contribution in [3.05, 3.63) is 17.3 Å². The lowest BCUT2D eigenvalue weighted by atomic mass is 10.2. The van der Waals surface area contributed by atoms with Gasteiger partial charge < -0.3 is 14.5 Å². The van der Waals surface area contributed by atoms with Gasteiger partial charge >= 0.3 is 6.09 Å². The van der Waals surface area contributed by atoms with E-state index < -0.39 is 5.60 Å². The summed E-state index contributed by atoms with van der Waals surface area (Å²) in [5, 5.41) is 3.24. The van der Waals surface area contributed by atoms with Gasteiger partial charge in [-0.2, -0.15) is 0 Å². The van der Waals surface area contributed by atoms with Gasteiger partial charge in [0.1, 0.15) is 22.6 Å². The van der Waals surface area contributed by atoms with Gasteiger partial charge in [-0.05, 0) is 38.6 Å². The molecule has 23 heavy (non-hydrogen) atoms. The summed E-state index contributed by atoms with van der Waals surface area (Å²) in [5.41, 5.74) is 0.746. The zero-order valence-corrected chi connectivity index (χ0v) is 14.8. The van der Waals surface area contributed by atoms with E-state index in [9.17, 15) is 4.79 Å². The van der Waals surface area contributed by atoms with Crippen LogP contribution in [0.2, 0.25) is 0 Å². The molecule has 2 aromatic rings. The Morgan fingerprint density at radius 1 is 1.22 bits per heavy atom. The minimum absolute atomic E-state index is 0.239. The maximum Gasteiger partial charge on any atom is 0.410 e. The van der Waals surface area contributed by atoms with Gasteiger partial charge in [0.25, 0.3) is 0 Å². The van der Waals surface area contributed by atoms with Crippen LogP contribution in [-0.2, 0) is 4.74 Å². The van der Waals surface area contributed by atoms with Crippen LogP contribution in [-0.4, -0.2) is 52.7 Å². The molecule has 6 nitrogen and oxygen atoms in total. The number of aryl methyl sites for hydroxylation is 1. The molecule has 3 heterocycles. The van der Waals surface area contributed by atoms with Crippen molar-refractivity contribution >= 4 is 33.5 Å². The molecular weight excluding hydrogens is 312 g/mol. The lowest BCUT2D eigenvalue weighted by Gasteiger charge is -2.36. The number of carbonyl (C=O) groups is 1. The second-order valence-electron chi connectivity index (χ2n) is 6.75. The fourth-order valence-electron chi connectivity index (χ4n) is 2.67. The fraction of sp³-hybridized carbons (Fsp3) is 0.562. The highest BCUT2D eigenvalue weighted by Crippen LogP contribution is 2.31. The molecule has 0 bridgehead atoms. The number of hydrogen-bond donors (Lipinski definition) is 0. The van der Waals surface area contributed by atoms with Crippen LogP contribution in [0, 0.1) is 6.92 Å². The largest absolute Gasteiger partial charge is 0.444 e. The smallest absolute Gasteiger partial charge is 0.410 e. The Kier molecular flexibility index (Phi) is 4.14. The summed E-state index contributed by atoms with van der Waals surface area (Å²) in [7, 11) is 0. The van der Waals surface area contributed by atoms with Gasteiger partial charge in [0.05, 0.1) is 5.39 Å². The molecule has 3 rings (SSSR count). The van der Waals surface area contributed by atoms with Crippen LogP contribution in [0.5, 0.6) is 0 Å². The first-order chi connectivity index (χ1) is 10.8. The molecule has 0 aromatic carbocycles. The van der Waals surface area contributed by atoms with E-state index in [4.69, 9.17) is 4.74 Å². The Bertz CT molecular complexity index is 714. The Hall–Kier alpha value is -1.89. The zero-order chi connectivity index (χ0) is 16.6. The van der Waals surface area contributed by atoms with Gasteiger partial charge in [-0.15, -0.1) is 11.3 Å². The molecule has 0 radical (unpaired) electrons. The molecule has 0 saturated carbocycles. The summed E-state index contributed by atoms with van der Waals surface area (Å²) in [6, 6.07) is 0. The molecular formula is C16H22N4O2S. The van der Waals surface area contributed by atoms with Crippen molar-refractivity contribution in [2.24, 2.45) is 0 Å². The van der Waals surface area contributed by atoms with Crippen molar-refractivity contribution in [2.75, 3.05) is 31.1 Å². The lowest BCUT2D eigenvalue weighted by molar-refractivity contribution is 0.0240. The van der Waals surface area contributed by atoms with Crippen molar-refractivity contribution in [3.63, 3.8) is 0 Å². The molecule has 124 valence electrons. The molecule has 2 aromatic heterocycles. The van der Waals surface area contributed by atoms with E-state index in [2.05, 4.69) is 27.2 Å². The summed E-state index contributed by atoms with van der Waals surface area (Å²) in [4.78, 5) is 26.0. The number of amides is 1. The number of anilines is 1. The first-order valence-electron chi connectivity index (χ1n) is 7.77. The molecule has 1 fully saturated rings. The van der Waals surface area contributed by atoms with Crippen molar-refractivity contribution in [1.82, 2.24) is 14.9 Å². The third-order valence-electron chi connectivity index (χ3n) is 3.77. The Labute approximate surface area is 140 Å². The van der Waals surface area contributed by atoms with E-state index in [1.54, 1.807) is 22.6 Å². The number of fused-ring (bicyclic) bond motifs is 1. The third-order valence-corrected chi connectivity index (χ3v) is 4.77. The molecule has 0 N–H and O–H groups in total. The van der Waals surface area contributed by atoms with Crippen molar-refractivity contribution < 1.29 is 9.53 Å². The standard InChI is InChI=1S/C16H22N4O2S/c1-11-9-23-14-12(11)13(17-10-18-14)19-5-7-20(8-6-19)15(21)22-16(2,3)4/h9-10H,5-8H2,1-4H3. The van der Waals surface area contributed by atoms with Gasteiger partial charge in [-0.3, -0.25) is 0 Å². The highest BCUT2D eigenvalue weighted by molar-refractivity contribution is 7.17. The van der Waals surface area contributed by atoms with E-state index in [1.165, 1.54) is 5.56 Å². The molecule has 0 unspecified atom stereocenters. The van der Waals surface area contributed by atoms with Crippen LogP contribution in [0.3, 0.4) is 0 Å². The number of ether oxygens (including phenoxy) is 1. The predicted molar refractivity (Wildman–Crippen MR) is 92.2 cm³/mol.